The monoisotopic (exact) mass is 206 g/mol. The molecule has 4 heteroatoms. The van der Waals surface area contributed by atoms with E-state index in [-0.39, 0.29) is 0 Å². The van der Waals surface area contributed by atoms with Crippen molar-refractivity contribution < 1.29 is 0 Å². The Morgan fingerprint density at radius 1 is 1.33 bits per heavy atom. The lowest BCUT2D eigenvalue weighted by molar-refractivity contribution is 0.750. The molecule has 0 saturated carbocycles. The average molecular weight is 208 g/mol. The minimum atomic E-state index is -1.13. The van der Waals surface area contributed by atoms with Crippen LogP contribution in [0.3, 0.4) is 0 Å². The molecule has 0 aliphatic carbocycles. The Morgan fingerprint density at radius 2 is 1.78 bits per heavy atom. The van der Waals surface area contributed by atoms with E-state index in [9.17, 15) is 0 Å². The smallest absolute Gasteiger partial charge is 0.107 e. The van der Waals surface area contributed by atoms with Crippen LogP contribution in [0.25, 0.3) is 0 Å². The molecule has 0 nitrogen and oxygen atoms in total. The first-order valence-electron chi connectivity index (χ1n) is 2.62. The highest BCUT2D eigenvalue weighted by molar-refractivity contribution is 8.04. The molecule has 0 aliphatic rings. The van der Waals surface area contributed by atoms with Crippen molar-refractivity contribution in [2.24, 2.45) is 5.92 Å². The van der Waals surface area contributed by atoms with Crippen LogP contribution in [-0.2, 0) is 0 Å². The van der Waals surface area contributed by atoms with E-state index >= 15 is 0 Å². The third-order valence-electron chi connectivity index (χ3n) is 0.580. The number of hydrogen-bond acceptors (Lipinski definition) is 1. The van der Waals surface area contributed by atoms with E-state index in [0.29, 0.717) is 5.92 Å². The second-order valence-electron chi connectivity index (χ2n) is 2.15. The van der Waals surface area contributed by atoms with Gasteiger partial charge in [0.25, 0.3) is 0 Å². The highest BCUT2D eigenvalue weighted by Crippen LogP contribution is 2.39. The summed E-state index contributed by atoms with van der Waals surface area (Å²) in [5.74, 6) is 1.46. The molecule has 0 saturated heterocycles. The van der Waals surface area contributed by atoms with Crippen LogP contribution in [0.2, 0.25) is 0 Å². The third-order valence-corrected chi connectivity index (χ3v) is 2.72. The van der Waals surface area contributed by atoms with Crippen LogP contribution in [-0.4, -0.2) is 8.88 Å². The molecule has 0 aromatic rings. The van der Waals surface area contributed by atoms with Gasteiger partial charge in [-0.05, 0) is 11.7 Å². The first kappa shape index (κ1) is 10.2. The van der Waals surface area contributed by atoms with Crippen molar-refractivity contribution in [1.29, 1.82) is 0 Å². The average Bonchev–Trinajstić information content (AvgIpc) is 1.59. The second-order valence-corrected chi connectivity index (χ2v) is 6.34. The summed E-state index contributed by atoms with van der Waals surface area (Å²) in [5.41, 5.74) is 0. The molecule has 0 bridgehead atoms. The van der Waals surface area contributed by atoms with Crippen molar-refractivity contribution in [3.63, 3.8) is 0 Å². The maximum absolute atomic E-state index is 5.47. The van der Waals surface area contributed by atoms with Crippen molar-refractivity contribution in [2.75, 3.05) is 5.75 Å². The van der Waals surface area contributed by atoms with Crippen molar-refractivity contribution in [3.8, 4) is 0 Å². The fourth-order valence-corrected chi connectivity index (χ4v) is 1.35. The Labute approximate surface area is 75.2 Å². The molecule has 0 aliphatic heterocycles. The summed E-state index contributed by atoms with van der Waals surface area (Å²) in [6.07, 6.45) is 0. The Morgan fingerprint density at radius 3 is 1.89 bits per heavy atom. The van der Waals surface area contributed by atoms with Gasteiger partial charge in [0.1, 0.15) is 0 Å². The lowest BCUT2D eigenvalue weighted by Crippen LogP contribution is -2.00. The maximum Gasteiger partial charge on any atom is 0.237 e. The molecule has 0 atom stereocenters. The van der Waals surface area contributed by atoms with Gasteiger partial charge in [0.2, 0.25) is 3.12 Å². The Hall–Kier alpha value is 1.22. The van der Waals surface area contributed by atoms with E-state index in [2.05, 4.69) is 13.8 Å². The first-order valence-corrected chi connectivity index (χ1v) is 4.74. The molecular weight excluding hydrogens is 198 g/mol. The van der Waals surface area contributed by atoms with Gasteiger partial charge in [-0.25, -0.2) is 0 Å². The molecule has 0 spiro atoms. The van der Waals surface area contributed by atoms with Crippen LogP contribution in [0.1, 0.15) is 13.8 Å². The van der Waals surface area contributed by atoms with Gasteiger partial charge in [-0.3, -0.25) is 0 Å². The van der Waals surface area contributed by atoms with Crippen LogP contribution in [0.5, 0.6) is 0 Å². The van der Waals surface area contributed by atoms with Gasteiger partial charge in [-0.1, -0.05) is 48.7 Å². The van der Waals surface area contributed by atoms with Crippen LogP contribution in [0.4, 0.5) is 0 Å². The summed E-state index contributed by atoms with van der Waals surface area (Å²) in [6.45, 7) is 4.17. The quantitative estimate of drug-likeness (QED) is 0.622. The lowest BCUT2D eigenvalue weighted by Gasteiger charge is -2.10. The summed E-state index contributed by atoms with van der Waals surface area (Å²) >= 11 is 17.8. The number of thioether (sulfide) groups is 1. The molecular formula is C5H9Cl3S. The number of alkyl halides is 3. The highest BCUT2D eigenvalue weighted by atomic mass is 35.6. The summed E-state index contributed by atoms with van der Waals surface area (Å²) < 4.78 is -1.13. The molecule has 0 fully saturated rings. The predicted molar refractivity (Wildman–Crippen MR) is 47.6 cm³/mol. The summed E-state index contributed by atoms with van der Waals surface area (Å²) in [4.78, 5) is 0. The standard InChI is InChI=1S/C5H9Cl3S/c1-4(2)3-9-5(6,7)8/h4H,3H2,1-2H3. The van der Waals surface area contributed by atoms with E-state index in [1.807, 2.05) is 0 Å². The molecule has 0 rings (SSSR count). The maximum atomic E-state index is 5.47. The summed E-state index contributed by atoms with van der Waals surface area (Å²) in [6, 6.07) is 0. The van der Waals surface area contributed by atoms with E-state index in [1.165, 1.54) is 11.8 Å². The molecule has 0 heterocycles. The normalized spacial score (nSPS) is 12.7. The van der Waals surface area contributed by atoms with Gasteiger partial charge in [0.15, 0.2) is 0 Å². The van der Waals surface area contributed by atoms with Crippen molar-refractivity contribution in [1.82, 2.24) is 0 Å². The van der Waals surface area contributed by atoms with E-state index in [1.54, 1.807) is 0 Å². The molecule has 9 heavy (non-hydrogen) atoms. The third kappa shape index (κ3) is 9.22. The number of halogens is 3. The minimum absolute atomic E-state index is 0.575. The largest absolute Gasteiger partial charge is 0.237 e. The SMILES string of the molecule is CC(C)CSC(Cl)(Cl)Cl. The Kier molecular flexibility index (Phi) is 4.74. The zero-order valence-electron chi connectivity index (χ0n) is 5.33. The summed E-state index contributed by atoms with van der Waals surface area (Å²) in [5, 5.41) is 0. The number of rotatable bonds is 2. The van der Waals surface area contributed by atoms with Gasteiger partial charge in [0, 0.05) is 0 Å². The van der Waals surface area contributed by atoms with Gasteiger partial charge in [-0.15, -0.1) is 11.8 Å². The zero-order valence-corrected chi connectivity index (χ0v) is 8.41. The molecule has 0 N–H and O–H groups in total. The van der Waals surface area contributed by atoms with E-state index in [4.69, 9.17) is 34.8 Å². The van der Waals surface area contributed by atoms with E-state index in [0.717, 1.165) is 5.75 Å². The molecule has 0 aromatic carbocycles. The van der Waals surface area contributed by atoms with Crippen molar-refractivity contribution in [3.05, 3.63) is 0 Å². The predicted octanol–water partition coefficient (Wildman–Crippen LogP) is 3.70. The molecule has 0 aromatic heterocycles. The number of hydrogen-bond donors (Lipinski definition) is 0. The highest BCUT2D eigenvalue weighted by Gasteiger charge is 2.19. The van der Waals surface area contributed by atoms with Crippen LogP contribution in [0.15, 0.2) is 0 Å². The Bertz CT molecular complexity index is 76.8. The molecule has 0 amide bonds. The molecule has 0 unspecified atom stereocenters. The minimum Gasteiger partial charge on any atom is -0.107 e. The fraction of sp³-hybridized carbons (Fsp3) is 1.00. The Balaban J connectivity index is 3.28. The van der Waals surface area contributed by atoms with Crippen LogP contribution in [0, 0.1) is 5.92 Å². The fourth-order valence-electron chi connectivity index (χ4n) is 0.261. The lowest BCUT2D eigenvalue weighted by atomic mass is 10.3. The van der Waals surface area contributed by atoms with Gasteiger partial charge >= 0.3 is 0 Å². The molecule has 0 radical (unpaired) electrons. The van der Waals surface area contributed by atoms with Gasteiger partial charge < -0.3 is 0 Å². The van der Waals surface area contributed by atoms with Gasteiger partial charge in [0.05, 0.1) is 0 Å². The first-order chi connectivity index (χ1) is 3.92. The van der Waals surface area contributed by atoms with Crippen LogP contribution >= 0.6 is 46.6 Å². The summed E-state index contributed by atoms with van der Waals surface area (Å²) in [7, 11) is 0. The van der Waals surface area contributed by atoms with Gasteiger partial charge in [-0.2, -0.15) is 0 Å². The van der Waals surface area contributed by atoms with Crippen molar-refractivity contribution >= 4 is 46.6 Å². The molecule has 56 valence electrons. The zero-order chi connectivity index (χ0) is 7.49. The van der Waals surface area contributed by atoms with Crippen molar-refractivity contribution in [2.45, 2.75) is 17.0 Å². The van der Waals surface area contributed by atoms with E-state index < -0.39 is 3.12 Å². The second kappa shape index (κ2) is 4.17. The topological polar surface area (TPSA) is 0 Å². The van der Waals surface area contributed by atoms with Crippen LogP contribution < -0.4 is 0 Å².